The molecule has 136 valence electrons. The first-order valence-electron chi connectivity index (χ1n) is 7.66. The van der Waals surface area contributed by atoms with E-state index < -0.39 is 18.0 Å². The van der Waals surface area contributed by atoms with Crippen LogP contribution in [0.3, 0.4) is 0 Å². The Morgan fingerprint density at radius 1 is 1.08 bits per heavy atom. The van der Waals surface area contributed by atoms with Crippen molar-refractivity contribution in [3.63, 3.8) is 0 Å². The molecule has 0 heterocycles. The summed E-state index contributed by atoms with van der Waals surface area (Å²) in [6, 6.07) is 6.16. The molecule has 0 aliphatic heterocycles. The summed E-state index contributed by atoms with van der Waals surface area (Å²) in [7, 11) is 2.57. The fourth-order valence-electron chi connectivity index (χ4n) is 2.00. The third kappa shape index (κ3) is 6.68. The third-order valence-corrected chi connectivity index (χ3v) is 3.54. The van der Waals surface area contributed by atoms with Crippen LogP contribution in [0.5, 0.6) is 0 Å². The Balaban J connectivity index is 0.000000470. The minimum atomic E-state index is -0.476. The Morgan fingerprint density at radius 2 is 1.50 bits per heavy atom. The van der Waals surface area contributed by atoms with Gasteiger partial charge in [0.15, 0.2) is 0 Å². The number of aliphatic hydroxyl groups is 2. The molecule has 2 N–H and O–H groups in total. The maximum Gasteiger partial charge on any atom is 0.337 e. The first kappa shape index (κ1) is 22.1. The molecule has 0 amide bonds. The van der Waals surface area contributed by atoms with Crippen LogP contribution < -0.4 is 0 Å². The van der Waals surface area contributed by atoms with E-state index in [1.54, 1.807) is 18.2 Å². The molecular weight excluding hydrogens is 312 g/mol. The summed E-state index contributed by atoms with van der Waals surface area (Å²) in [5.41, 5.74) is 0.291. The van der Waals surface area contributed by atoms with Crippen LogP contribution in [0.25, 0.3) is 0 Å². The zero-order chi connectivity index (χ0) is 18.9. The second-order valence-electron chi connectivity index (χ2n) is 6.40. The van der Waals surface area contributed by atoms with E-state index in [1.807, 2.05) is 27.7 Å². The lowest BCUT2D eigenvalue weighted by molar-refractivity contribution is -0.0204. The van der Waals surface area contributed by atoms with E-state index in [0.29, 0.717) is 11.1 Å². The minimum absolute atomic E-state index is 0.0341. The van der Waals surface area contributed by atoms with Crippen LogP contribution >= 0.6 is 0 Å². The van der Waals surface area contributed by atoms with Gasteiger partial charge in [-0.15, -0.1) is 0 Å². The summed E-state index contributed by atoms with van der Waals surface area (Å²) in [6.07, 6.45) is -0.419. The molecule has 1 rings (SSSR count). The minimum Gasteiger partial charge on any atom is -0.465 e. The first-order valence-corrected chi connectivity index (χ1v) is 7.66. The fraction of sp³-hybridized carbons (Fsp3) is 0.556. The molecule has 0 bridgehead atoms. The van der Waals surface area contributed by atoms with Crippen LogP contribution in [0.15, 0.2) is 24.3 Å². The predicted molar refractivity (Wildman–Crippen MR) is 90.8 cm³/mol. The molecule has 24 heavy (non-hydrogen) atoms. The van der Waals surface area contributed by atoms with Gasteiger partial charge in [0.25, 0.3) is 0 Å². The van der Waals surface area contributed by atoms with E-state index in [9.17, 15) is 14.7 Å². The van der Waals surface area contributed by atoms with Gasteiger partial charge in [0.05, 0.1) is 38.1 Å². The van der Waals surface area contributed by atoms with Crippen molar-refractivity contribution in [2.24, 2.45) is 11.3 Å². The van der Waals surface area contributed by atoms with E-state index >= 15 is 0 Å². The Morgan fingerprint density at radius 3 is 1.75 bits per heavy atom. The molecular formula is C18H28O6. The smallest absolute Gasteiger partial charge is 0.337 e. The maximum atomic E-state index is 11.1. The van der Waals surface area contributed by atoms with E-state index in [2.05, 4.69) is 9.47 Å². The average molecular weight is 340 g/mol. The molecule has 0 radical (unpaired) electrons. The number of carbonyl (C=O) groups excluding carboxylic acids is 2. The Hall–Kier alpha value is -1.92. The number of benzene rings is 1. The van der Waals surface area contributed by atoms with Crippen LogP contribution in [0.4, 0.5) is 0 Å². The lowest BCUT2D eigenvalue weighted by atomic mass is 9.82. The van der Waals surface area contributed by atoms with Gasteiger partial charge >= 0.3 is 11.9 Å². The Kier molecular flexibility index (Phi) is 9.25. The van der Waals surface area contributed by atoms with E-state index in [-0.39, 0.29) is 17.9 Å². The second kappa shape index (κ2) is 10.1. The van der Waals surface area contributed by atoms with Gasteiger partial charge in [-0.05, 0) is 24.1 Å². The van der Waals surface area contributed by atoms with Gasteiger partial charge in [0.2, 0.25) is 0 Å². The Bertz CT molecular complexity index is 505. The molecule has 0 aliphatic carbocycles. The van der Waals surface area contributed by atoms with Crippen molar-refractivity contribution in [3.05, 3.63) is 35.4 Å². The van der Waals surface area contributed by atoms with Crippen LogP contribution in [0.1, 0.15) is 48.4 Å². The van der Waals surface area contributed by atoms with E-state index in [1.165, 1.54) is 20.3 Å². The van der Waals surface area contributed by atoms with Gasteiger partial charge in [0, 0.05) is 5.41 Å². The Labute approximate surface area is 143 Å². The molecule has 0 aromatic heterocycles. The summed E-state index contributed by atoms with van der Waals surface area (Å²) >= 11 is 0. The molecule has 1 aromatic carbocycles. The van der Waals surface area contributed by atoms with Gasteiger partial charge in [-0.2, -0.15) is 0 Å². The summed E-state index contributed by atoms with van der Waals surface area (Å²) in [5.74, 6) is -0.742. The number of hydrogen-bond acceptors (Lipinski definition) is 6. The van der Waals surface area contributed by atoms with Gasteiger partial charge in [-0.25, -0.2) is 9.59 Å². The van der Waals surface area contributed by atoms with Gasteiger partial charge in [0.1, 0.15) is 0 Å². The first-order chi connectivity index (χ1) is 11.1. The standard InChI is InChI=1S/C10H10O4.C8H18O2/c1-13-9(11)7-4-3-5-8(6-7)10(12)14-2;1-6(2)7(10)8(3,4)5-9/h3-6H,1-2H3;6-7,9-10H,5H2,1-4H3. The number of hydrogen-bond donors (Lipinski definition) is 2. The highest BCUT2D eigenvalue weighted by Gasteiger charge is 2.28. The van der Waals surface area contributed by atoms with Crippen molar-refractivity contribution in [1.29, 1.82) is 0 Å². The SMILES string of the molecule is CC(C)C(O)C(C)(C)CO.COC(=O)c1cccc(C(=O)OC)c1. The molecule has 1 aromatic rings. The summed E-state index contributed by atoms with van der Waals surface area (Å²) < 4.78 is 9.03. The number of aliphatic hydroxyl groups excluding tert-OH is 2. The van der Waals surface area contributed by atoms with Crippen molar-refractivity contribution < 1.29 is 29.3 Å². The van der Waals surface area contributed by atoms with Crippen LogP contribution in [-0.4, -0.2) is 49.1 Å². The average Bonchev–Trinajstić information content (AvgIpc) is 2.59. The molecule has 0 fully saturated rings. The van der Waals surface area contributed by atoms with Crippen LogP contribution in [0.2, 0.25) is 0 Å². The molecule has 1 unspecified atom stereocenters. The van der Waals surface area contributed by atoms with Crippen molar-refractivity contribution in [3.8, 4) is 0 Å². The molecule has 0 aliphatic rings. The zero-order valence-electron chi connectivity index (χ0n) is 15.2. The molecule has 1 atom stereocenters. The molecule has 0 saturated heterocycles. The second-order valence-corrected chi connectivity index (χ2v) is 6.40. The highest BCUT2D eigenvalue weighted by atomic mass is 16.5. The molecule has 6 nitrogen and oxygen atoms in total. The molecule has 6 heteroatoms. The normalized spacial score (nSPS) is 12.0. The van der Waals surface area contributed by atoms with E-state index in [4.69, 9.17) is 5.11 Å². The quantitative estimate of drug-likeness (QED) is 0.799. The summed E-state index contributed by atoms with van der Waals surface area (Å²) in [4.78, 5) is 22.2. The van der Waals surface area contributed by atoms with E-state index in [0.717, 1.165) is 0 Å². The topological polar surface area (TPSA) is 93.1 Å². The number of methoxy groups -OCH3 is 2. The van der Waals surface area contributed by atoms with Gasteiger partial charge < -0.3 is 19.7 Å². The monoisotopic (exact) mass is 340 g/mol. The maximum absolute atomic E-state index is 11.1. The predicted octanol–water partition coefficient (Wildman–Crippen LogP) is 2.28. The fourth-order valence-corrected chi connectivity index (χ4v) is 2.00. The molecule has 0 saturated carbocycles. The number of rotatable bonds is 5. The third-order valence-electron chi connectivity index (χ3n) is 3.54. The van der Waals surface area contributed by atoms with Crippen molar-refractivity contribution >= 4 is 11.9 Å². The van der Waals surface area contributed by atoms with Gasteiger partial charge in [-0.1, -0.05) is 33.8 Å². The molecule has 0 spiro atoms. The number of carbonyl (C=O) groups is 2. The number of ether oxygens (including phenoxy) is 2. The lowest BCUT2D eigenvalue weighted by Crippen LogP contribution is -2.36. The summed E-state index contributed by atoms with van der Waals surface area (Å²) in [6.45, 7) is 7.64. The van der Waals surface area contributed by atoms with Crippen molar-refractivity contribution in [1.82, 2.24) is 0 Å². The summed E-state index contributed by atoms with van der Waals surface area (Å²) in [5, 5.41) is 18.3. The largest absolute Gasteiger partial charge is 0.465 e. The lowest BCUT2D eigenvalue weighted by Gasteiger charge is -2.30. The van der Waals surface area contributed by atoms with Gasteiger partial charge in [-0.3, -0.25) is 0 Å². The highest BCUT2D eigenvalue weighted by Crippen LogP contribution is 2.24. The van der Waals surface area contributed by atoms with Crippen molar-refractivity contribution in [2.45, 2.75) is 33.8 Å². The van der Waals surface area contributed by atoms with Crippen molar-refractivity contribution in [2.75, 3.05) is 20.8 Å². The number of esters is 2. The van der Waals surface area contributed by atoms with Crippen LogP contribution in [0, 0.1) is 11.3 Å². The highest BCUT2D eigenvalue weighted by molar-refractivity contribution is 5.95. The van der Waals surface area contributed by atoms with Crippen LogP contribution in [-0.2, 0) is 9.47 Å². The zero-order valence-corrected chi connectivity index (χ0v) is 15.2.